The Hall–Kier alpha value is -1.08. The molecule has 2 atom stereocenters. The van der Waals surface area contributed by atoms with Crippen molar-refractivity contribution in [1.29, 1.82) is 0 Å². The van der Waals surface area contributed by atoms with E-state index in [1.807, 2.05) is 5.38 Å². The van der Waals surface area contributed by atoms with Gasteiger partial charge in [0, 0.05) is 24.4 Å². The lowest BCUT2D eigenvalue weighted by molar-refractivity contribution is -0.189. The Labute approximate surface area is 125 Å². The van der Waals surface area contributed by atoms with Crippen LogP contribution in [0.5, 0.6) is 0 Å². The molecule has 1 aliphatic carbocycles. The van der Waals surface area contributed by atoms with Gasteiger partial charge in [0.15, 0.2) is 0 Å². The van der Waals surface area contributed by atoms with Gasteiger partial charge in [-0.15, -0.1) is 11.3 Å². The van der Waals surface area contributed by atoms with Gasteiger partial charge in [0.05, 0.1) is 11.6 Å². The quantitative estimate of drug-likeness (QED) is 0.883. The summed E-state index contributed by atoms with van der Waals surface area (Å²) in [6.45, 7) is 1.76. The maximum Gasteiger partial charge on any atom is 0.393 e. The van der Waals surface area contributed by atoms with Gasteiger partial charge in [-0.25, -0.2) is 0 Å². The minimum atomic E-state index is -4.14. The monoisotopic (exact) mass is 320 g/mol. The van der Waals surface area contributed by atoms with Crippen molar-refractivity contribution in [2.24, 2.45) is 5.92 Å². The molecule has 2 N–H and O–H groups in total. The van der Waals surface area contributed by atoms with E-state index in [-0.39, 0.29) is 12.3 Å². The van der Waals surface area contributed by atoms with Gasteiger partial charge in [0.1, 0.15) is 0 Å². The third kappa shape index (κ3) is 4.44. The molecule has 2 unspecified atom stereocenters. The molecule has 118 valence electrons. The second-order valence-corrected chi connectivity index (χ2v) is 6.36. The van der Waals surface area contributed by atoms with E-state index in [1.165, 1.54) is 18.3 Å². The molecule has 7 heteroatoms. The van der Waals surface area contributed by atoms with Crippen molar-refractivity contribution in [2.75, 3.05) is 5.32 Å². The SMILES string of the molecule is CC(=O)Nc1ccsc1CNC1CCCCC1C(F)(F)F. The molecule has 1 aromatic heterocycles. The van der Waals surface area contributed by atoms with Crippen molar-refractivity contribution >= 4 is 22.9 Å². The van der Waals surface area contributed by atoms with Crippen LogP contribution in [0, 0.1) is 5.92 Å². The summed E-state index contributed by atoms with van der Waals surface area (Å²) in [6, 6.07) is 1.23. The maximum absolute atomic E-state index is 13.0. The molecule has 1 saturated carbocycles. The van der Waals surface area contributed by atoms with Crippen LogP contribution >= 0.6 is 11.3 Å². The van der Waals surface area contributed by atoms with Crippen LogP contribution < -0.4 is 10.6 Å². The molecule has 3 nitrogen and oxygen atoms in total. The second kappa shape index (κ2) is 6.79. The highest BCUT2D eigenvalue weighted by atomic mass is 32.1. The van der Waals surface area contributed by atoms with Gasteiger partial charge in [-0.05, 0) is 24.3 Å². The Balaban J connectivity index is 1.98. The molecule has 21 heavy (non-hydrogen) atoms. The number of thiophene rings is 1. The minimum Gasteiger partial charge on any atom is -0.325 e. The number of hydrogen-bond acceptors (Lipinski definition) is 3. The first-order valence-electron chi connectivity index (χ1n) is 7.02. The summed E-state index contributed by atoms with van der Waals surface area (Å²) in [6.07, 6.45) is -1.94. The molecule has 0 aromatic carbocycles. The predicted molar refractivity (Wildman–Crippen MR) is 77.3 cm³/mol. The molecular weight excluding hydrogens is 301 g/mol. The number of alkyl halides is 3. The number of anilines is 1. The molecule has 0 aliphatic heterocycles. The van der Waals surface area contributed by atoms with Crippen molar-refractivity contribution in [3.05, 3.63) is 16.3 Å². The van der Waals surface area contributed by atoms with E-state index in [1.54, 1.807) is 6.07 Å². The third-order valence-electron chi connectivity index (χ3n) is 3.77. The van der Waals surface area contributed by atoms with Crippen molar-refractivity contribution in [2.45, 2.75) is 51.4 Å². The Morgan fingerprint density at radius 1 is 1.38 bits per heavy atom. The highest BCUT2D eigenvalue weighted by Gasteiger charge is 2.45. The number of rotatable bonds is 4. The summed E-state index contributed by atoms with van der Waals surface area (Å²) in [7, 11) is 0. The van der Waals surface area contributed by atoms with Gasteiger partial charge < -0.3 is 10.6 Å². The van der Waals surface area contributed by atoms with E-state index in [2.05, 4.69) is 10.6 Å². The Kier molecular flexibility index (Phi) is 5.27. The van der Waals surface area contributed by atoms with Crippen molar-refractivity contribution in [3.8, 4) is 0 Å². The molecule has 1 aliphatic rings. The number of carbonyl (C=O) groups excluding carboxylic acids is 1. The van der Waals surface area contributed by atoms with Crippen LogP contribution in [-0.4, -0.2) is 18.1 Å². The van der Waals surface area contributed by atoms with Crippen molar-refractivity contribution in [3.63, 3.8) is 0 Å². The first-order valence-corrected chi connectivity index (χ1v) is 7.90. The van der Waals surface area contributed by atoms with Crippen molar-refractivity contribution in [1.82, 2.24) is 5.32 Å². The maximum atomic E-state index is 13.0. The largest absolute Gasteiger partial charge is 0.393 e. The summed E-state index contributed by atoms with van der Waals surface area (Å²) in [4.78, 5) is 11.9. The zero-order valence-corrected chi connectivity index (χ0v) is 12.6. The number of hydrogen-bond donors (Lipinski definition) is 2. The van der Waals surface area contributed by atoms with Gasteiger partial charge in [-0.1, -0.05) is 12.8 Å². The van der Waals surface area contributed by atoms with Crippen molar-refractivity contribution < 1.29 is 18.0 Å². The molecule has 0 radical (unpaired) electrons. The van der Waals surface area contributed by atoms with Gasteiger partial charge in [0.2, 0.25) is 5.91 Å². The highest BCUT2D eigenvalue weighted by Crippen LogP contribution is 2.38. The average molecular weight is 320 g/mol. The number of amides is 1. The van der Waals surface area contributed by atoms with E-state index in [4.69, 9.17) is 0 Å². The Morgan fingerprint density at radius 2 is 2.10 bits per heavy atom. The van der Waals surface area contributed by atoms with Gasteiger partial charge in [-0.2, -0.15) is 13.2 Å². The standard InChI is InChI=1S/C14H19F3N2OS/c1-9(20)19-12-6-7-21-13(12)8-18-11-5-3-2-4-10(11)14(15,16)17/h6-7,10-11,18H,2-5,8H2,1H3,(H,19,20). The third-order valence-corrected chi connectivity index (χ3v) is 4.69. The number of halogens is 3. The normalized spacial score (nSPS) is 23.0. The van der Waals surface area contributed by atoms with E-state index < -0.39 is 18.1 Å². The summed E-state index contributed by atoms with van der Waals surface area (Å²) in [5.74, 6) is -1.45. The molecule has 0 spiro atoms. The summed E-state index contributed by atoms with van der Waals surface area (Å²) < 4.78 is 39.0. The zero-order valence-electron chi connectivity index (χ0n) is 11.8. The van der Waals surface area contributed by atoms with Crippen LogP contribution in [0.3, 0.4) is 0 Å². The number of nitrogens with one attached hydrogen (secondary N) is 2. The summed E-state index contributed by atoms with van der Waals surface area (Å²) in [5.41, 5.74) is 0.680. The molecule has 2 rings (SSSR count). The molecule has 0 bridgehead atoms. The van der Waals surface area contributed by atoms with E-state index in [0.717, 1.165) is 11.3 Å². The number of carbonyl (C=O) groups is 1. The summed E-state index contributed by atoms with van der Waals surface area (Å²) >= 11 is 1.43. The molecule has 0 saturated heterocycles. The van der Waals surface area contributed by atoms with E-state index >= 15 is 0 Å². The lowest BCUT2D eigenvalue weighted by Gasteiger charge is -2.33. The van der Waals surface area contributed by atoms with E-state index in [0.29, 0.717) is 25.1 Å². The Morgan fingerprint density at radius 3 is 2.76 bits per heavy atom. The van der Waals surface area contributed by atoms with Crippen LogP contribution in [0.15, 0.2) is 11.4 Å². The zero-order chi connectivity index (χ0) is 15.5. The van der Waals surface area contributed by atoms with Crippen LogP contribution in [0.2, 0.25) is 0 Å². The smallest absolute Gasteiger partial charge is 0.325 e. The summed E-state index contributed by atoms with van der Waals surface area (Å²) in [5, 5.41) is 7.55. The molecule has 1 aromatic rings. The first-order chi connectivity index (χ1) is 9.88. The van der Waals surface area contributed by atoms with Gasteiger partial charge >= 0.3 is 6.18 Å². The predicted octanol–water partition coefficient (Wildman–Crippen LogP) is 3.92. The molecule has 1 fully saturated rings. The van der Waals surface area contributed by atoms with Gasteiger partial charge in [0.25, 0.3) is 0 Å². The second-order valence-electron chi connectivity index (χ2n) is 5.36. The lowest BCUT2D eigenvalue weighted by Crippen LogP contribution is -2.45. The average Bonchev–Trinajstić information content (AvgIpc) is 2.82. The van der Waals surface area contributed by atoms with Gasteiger partial charge in [-0.3, -0.25) is 4.79 Å². The topological polar surface area (TPSA) is 41.1 Å². The fourth-order valence-corrected chi connectivity index (χ4v) is 3.55. The van der Waals surface area contributed by atoms with Crippen LogP contribution in [0.1, 0.15) is 37.5 Å². The lowest BCUT2D eigenvalue weighted by atomic mass is 9.84. The fraction of sp³-hybridized carbons (Fsp3) is 0.643. The van der Waals surface area contributed by atoms with Crippen LogP contribution in [-0.2, 0) is 11.3 Å². The fourth-order valence-electron chi connectivity index (χ4n) is 2.77. The van der Waals surface area contributed by atoms with Crippen LogP contribution in [0.4, 0.5) is 18.9 Å². The minimum absolute atomic E-state index is 0.180. The molecule has 1 amide bonds. The first kappa shape index (κ1) is 16.3. The highest BCUT2D eigenvalue weighted by molar-refractivity contribution is 7.10. The van der Waals surface area contributed by atoms with Crippen LogP contribution in [0.25, 0.3) is 0 Å². The molecule has 1 heterocycles. The Bertz CT molecular complexity index is 487. The molecular formula is C14H19F3N2OS. The van der Waals surface area contributed by atoms with E-state index in [9.17, 15) is 18.0 Å².